The van der Waals surface area contributed by atoms with Crippen molar-refractivity contribution in [2.75, 3.05) is 6.26 Å². The lowest BCUT2D eigenvalue weighted by atomic mass is 10.1. The molecule has 0 amide bonds. The number of aromatic nitrogens is 24. The van der Waals surface area contributed by atoms with Gasteiger partial charge in [-0.25, -0.2) is 52.7 Å². The molecule has 26 nitrogen and oxygen atoms in total. The Morgan fingerprint density at radius 3 is 0.948 bits per heavy atom. The van der Waals surface area contributed by atoms with Crippen molar-refractivity contribution in [3.63, 3.8) is 0 Å². The third kappa shape index (κ3) is 21.6. The maximum atomic E-state index is 13.0. The first-order chi connectivity index (χ1) is 65.2. The highest BCUT2D eigenvalue weighted by Crippen LogP contribution is 2.30. The molecule has 0 fully saturated rings. The second-order valence-corrected chi connectivity index (χ2v) is 33.7. The molecule has 0 spiro atoms. The zero-order chi connectivity index (χ0) is 92.6. The van der Waals surface area contributed by atoms with Gasteiger partial charge in [-0.2, -0.15) is 12.6 Å². The number of sulfone groups is 1. The lowest BCUT2D eigenvalue weighted by Gasteiger charge is -1.98. The van der Waals surface area contributed by atoms with Gasteiger partial charge < -0.3 is 39.9 Å². The normalized spacial score (nSPS) is 11.0. The van der Waals surface area contributed by atoms with Gasteiger partial charge in [0.2, 0.25) is 0 Å². The fourth-order valence-electron chi connectivity index (χ4n) is 14.4. The topological polar surface area (TPSA) is 367 Å². The van der Waals surface area contributed by atoms with Crippen LogP contribution in [0.25, 0.3) is 180 Å². The number of pyridine rings is 8. The van der Waals surface area contributed by atoms with Gasteiger partial charge in [-0.15, -0.1) is 0 Å². The number of benzene rings is 8. The van der Waals surface area contributed by atoms with E-state index < -0.39 is 9.84 Å². The molecule has 24 rings (SSSR count). The molecule has 8 aromatic carbocycles. The van der Waals surface area contributed by atoms with Crippen LogP contribution in [0.1, 0.15) is 44.5 Å². The van der Waals surface area contributed by atoms with Crippen molar-refractivity contribution in [2.45, 2.75) is 59.1 Å². The number of H-pyrrole nitrogens is 8. The Morgan fingerprint density at radius 1 is 0.261 bits per heavy atom. The predicted molar refractivity (Wildman–Crippen MR) is 534 cm³/mol. The van der Waals surface area contributed by atoms with Gasteiger partial charge in [-0.05, 0) is 287 Å². The Bertz CT molecular complexity index is 7930. The van der Waals surface area contributed by atoms with Crippen LogP contribution in [-0.4, -0.2) is 134 Å². The van der Waals surface area contributed by atoms with E-state index in [0.717, 1.165) is 158 Å². The molecule has 0 aliphatic carbocycles. The molecule has 16 aromatic heterocycles. The monoisotopic (exact) mass is 1800 g/mol. The summed E-state index contributed by atoms with van der Waals surface area (Å²) in [6, 6.07) is 88.3. The summed E-state index contributed by atoms with van der Waals surface area (Å²) in [5, 5.41) is 0. The van der Waals surface area contributed by atoms with Crippen molar-refractivity contribution in [3.8, 4) is 92.1 Å². The summed E-state index contributed by atoms with van der Waals surface area (Å²) in [5.41, 5.74) is 31.6. The molecule has 0 unspecified atom stereocenters. The number of rotatable bonds is 10. The molecular weight excluding hydrogens is 1710 g/mol. The van der Waals surface area contributed by atoms with Gasteiger partial charge in [0.05, 0.1) is 93.2 Å². The standard InChI is InChI=1S/2C14H13N3.C13H11N3O2S.C13H11N3S.3C13H11N3.C12H8FN3/c1-9-6-7-11-13(10(9)2)17-14(16-11)12-5-3-4-8-15-12;1-9-7-12-13(8-10(9)2)17-14(16-12)11-5-3-4-6-15-11;1-19(17,18)9-5-6-10-12(8-9)16-13(15-10)11-4-2-3-7-14-11;17-8-9-4-5-10-12(7-9)16-13(15-10)11-3-1-2-6-14-11;1-9-5-4-7-10-12(9)16-13(15-10)11-6-2-3-8-14-11;2*1-9-5-6-10-12(8-9)16-13(15-10)11-4-2-3-7-14-11;13-8-4-5-9-11(7-8)16-12(15-9)10-3-1-2-6-14-10/h2*3-8H,1-2H3,(H,16,17);2-8H,1H3,(H,15,16);1-7,17H,8H2,(H,15,16);3*2-8H,1H3,(H,15,16);1-7H,(H,15,16). The molecule has 0 saturated heterocycles. The summed E-state index contributed by atoms with van der Waals surface area (Å²) in [4.78, 5) is 96.2. The largest absolute Gasteiger partial charge is 0.337 e. The number of hydrogen-bond donors (Lipinski definition) is 9. The van der Waals surface area contributed by atoms with Crippen molar-refractivity contribution in [1.29, 1.82) is 0 Å². The molecule has 660 valence electrons. The second kappa shape index (κ2) is 40.7. The smallest absolute Gasteiger partial charge is 0.175 e. The predicted octanol–water partition coefficient (Wildman–Crippen LogP) is 23.1. The first-order valence-electron chi connectivity index (χ1n) is 42.8. The van der Waals surface area contributed by atoms with Gasteiger partial charge in [0.1, 0.15) is 51.4 Å². The molecule has 8 N–H and O–H groups in total. The van der Waals surface area contributed by atoms with Gasteiger partial charge in [0.25, 0.3) is 0 Å². The van der Waals surface area contributed by atoms with E-state index in [1.807, 2.05) is 182 Å². The van der Waals surface area contributed by atoms with Gasteiger partial charge in [0.15, 0.2) is 56.4 Å². The van der Waals surface area contributed by atoms with Crippen molar-refractivity contribution in [2.24, 2.45) is 0 Å². The summed E-state index contributed by atoms with van der Waals surface area (Å²) in [7, 11) is -3.21. The highest BCUT2D eigenvalue weighted by molar-refractivity contribution is 7.90. The maximum Gasteiger partial charge on any atom is 0.175 e. The van der Waals surface area contributed by atoms with Crippen molar-refractivity contribution in [1.82, 2.24) is 120 Å². The van der Waals surface area contributed by atoms with Crippen molar-refractivity contribution >= 4 is 111 Å². The zero-order valence-electron chi connectivity index (χ0n) is 74.1. The minimum absolute atomic E-state index is 0.274. The Labute approximate surface area is 774 Å². The van der Waals surface area contributed by atoms with Crippen LogP contribution < -0.4 is 0 Å². The Morgan fingerprint density at radius 2 is 0.575 bits per heavy atom. The van der Waals surface area contributed by atoms with E-state index in [2.05, 4.69) is 241 Å². The molecule has 0 radical (unpaired) electrons. The van der Waals surface area contributed by atoms with Gasteiger partial charge in [-0.3, -0.25) is 39.9 Å². The molecule has 16 heterocycles. The van der Waals surface area contributed by atoms with Crippen LogP contribution in [0.3, 0.4) is 0 Å². The van der Waals surface area contributed by atoms with E-state index in [9.17, 15) is 12.8 Å². The van der Waals surface area contributed by atoms with E-state index in [1.54, 1.807) is 73.8 Å². The average molecular weight is 1800 g/mol. The number of aromatic amines is 8. The van der Waals surface area contributed by atoms with Gasteiger partial charge in [0, 0.05) is 61.6 Å². The van der Waals surface area contributed by atoms with Gasteiger partial charge >= 0.3 is 0 Å². The summed E-state index contributed by atoms with van der Waals surface area (Å²) >= 11 is 4.27. The lowest BCUT2D eigenvalue weighted by Crippen LogP contribution is -1.96. The molecule has 0 aliphatic heterocycles. The number of nitrogens with zero attached hydrogens (tertiary/aromatic N) is 16. The number of aryl methyl sites for hydroxylation is 7. The van der Waals surface area contributed by atoms with Crippen molar-refractivity contribution in [3.05, 3.63) is 379 Å². The van der Waals surface area contributed by atoms with Crippen LogP contribution in [0.5, 0.6) is 0 Å². The Balaban J connectivity index is 0.000000107. The fraction of sp³-hybridized carbons (Fsp3) is 0.0857. The summed E-state index contributed by atoms with van der Waals surface area (Å²) in [6.07, 6.45) is 15.2. The number of fused-ring (bicyclic) bond motifs is 8. The SMILES string of the molecule is CS(=O)(=O)c1ccc2nc(-c3ccccn3)[nH]c2c1.Cc1cc2nc(-c3ccccn3)[nH]c2cc1C.Cc1ccc2[nH]c(-c3ccccn3)nc2c1C.Cc1ccc2nc(-c3ccccn3)[nH]c2c1.Cc1ccc2nc(-c3ccccn3)[nH]c2c1.Cc1cccc2[nH]c(-c3ccccn3)nc12.Fc1ccc2nc(-c3ccccn3)[nH]c2c1.SCc1ccc2nc(-c3ccccn3)[nH]c2c1. The quantitative estimate of drug-likeness (QED) is 0.0574. The number of imidazole rings is 8. The molecule has 0 aliphatic rings. The molecule has 0 atom stereocenters. The molecule has 24 aromatic rings. The minimum Gasteiger partial charge on any atom is -0.337 e. The molecule has 0 bridgehead atoms. The first-order valence-corrected chi connectivity index (χ1v) is 45.3. The minimum atomic E-state index is -3.21. The number of para-hydroxylation sites is 1. The summed E-state index contributed by atoms with van der Waals surface area (Å²) < 4.78 is 36.0. The van der Waals surface area contributed by atoms with Crippen LogP contribution in [0.4, 0.5) is 4.39 Å². The number of halogens is 1. The molecule has 0 saturated carbocycles. The first kappa shape index (κ1) is 89.0. The third-order valence-corrected chi connectivity index (χ3v) is 23.1. The third-order valence-electron chi connectivity index (χ3n) is 21.6. The van der Waals surface area contributed by atoms with Gasteiger partial charge in [-0.1, -0.05) is 84.9 Å². The van der Waals surface area contributed by atoms with E-state index in [4.69, 9.17) is 0 Å². The van der Waals surface area contributed by atoms with Crippen LogP contribution >= 0.6 is 12.6 Å². The van der Waals surface area contributed by atoms with E-state index in [-0.39, 0.29) is 10.7 Å². The number of nitrogens with one attached hydrogen (secondary N) is 8. The van der Waals surface area contributed by atoms with Crippen LogP contribution in [0.15, 0.2) is 334 Å². The van der Waals surface area contributed by atoms with Crippen LogP contribution in [-0.2, 0) is 15.6 Å². The molecule has 134 heavy (non-hydrogen) atoms. The molecule has 29 heteroatoms. The Hall–Kier alpha value is -17.1. The Kier molecular flexibility index (Phi) is 27.0. The van der Waals surface area contributed by atoms with Crippen molar-refractivity contribution < 1.29 is 12.8 Å². The van der Waals surface area contributed by atoms with Crippen LogP contribution in [0, 0.1) is 54.3 Å². The van der Waals surface area contributed by atoms with Crippen LogP contribution in [0.2, 0.25) is 0 Å². The van der Waals surface area contributed by atoms with E-state index in [1.165, 1.54) is 62.9 Å². The fourth-order valence-corrected chi connectivity index (χ4v) is 15.2. The number of thiol groups is 1. The highest BCUT2D eigenvalue weighted by atomic mass is 32.2. The van der Waals surface area contributed by atoms with E-state index >= 15 is 0 Å². The average Bonchev–Trinajstić information content (AvgIpc) is 1.64. The van der Waals surface area contributed by atoms with E-state index in [0.29, 0.717) is 28.2 Å². The summed E-state index contributed by atoms with van der Waals surface area (Å²) in [5.74, 6) is 6.66. The second-order valence-electron chi connectivity index (χ2n) is 31.4. The lowest BCUT2D eigenvalue weighted by molar-refractivity contribution is 0.602. The molecular formula is C105H89FN24O2S2. The highest BCUT2D eigenvalue weighted by Gasteiger charge is 2.17. The number of hydrogen-bond acceptors (Lipinski definition) is 19. The maximum absolute atomic E-state index is 13.0. The summed E-state index contributed by atoms with van der Waals surface area (Å²) in [6.45, 7) is 14.6. The zero-order valence-corrected chi connectivity index (χ0v) is 75.8.